The molecule has 4 rings (SSSR count). The summed E-state index contributed by atoms with van der Waals surface area (Å²) in [5.74, 6) is -3.34. The molecule has 14 heteroatoms. The first-order valence-corrected chi connectivity index (χ1v) is 17.0. The van der Waals surface area contributed by atoms with Gasteiger partial charge in [0.1, 0.15) is 5.75 Å². The van der Waals surface area contributed by atoms with Gasteiger partial charge in [-0.3, -0.25) is 9.59 Å². The molecule has 1 aliphatic carbocycles. The van der Waals surface area contributed by atoms with E-state index in [0.717, 1.165) is 18.4 Å². The highest BCUT2D eigenvalue weighted by Gasteiger charge is 2.44. The number of rotatable bonds is 17. The first-order chi connectivity index (χ1) is 23.9. The van der Waals surface area contributed by atoms with Crippen molar-refractivity contribution in [3.05, 3.63) is 47.5 Å². The molecule has 1 aliphatic heterocycles. The molecule has 1 saturated carbocycles. The van der Waals surface area contributed by atoms with Crippen LogP contribution in [-0.2, 0) is 14.3 Å². The van der Waals surface area contributed by atoms with E-state index in [4.69, 9.17) is 23.7 Å². The number of nitrogens with one attached hydrogen (secondary N) is 2. The van der Waals surface area contributed by atoms with Crippen molar-refractivity contribution in [2.75, 3.05) is 47.6 Å². The van der Waals surface area contributed by atoms with Crippen LogP contribution in [0, 0.1) is 5.92 Å². The molecule has 1 heterocycles. The Balaban J connectivity index is 1.44. The van der Waals surface area contributed by atoms with Crippen LogP contribution in [0.1, 0.15) is 74.2 Å². The molecule has 0 bridgehead atoms. The molecule has 0 radical (unpaired) electrons. The minimum atomic E-state index is -5.32. The van der Waals surface area contributed by atoms with Crippen molar-refractivity contribution in [3.8, 4) is 23.0 Å². The number of esters is 1. The van der Waals surface area contributed by atoms with E-state index in [0.29, 0.717) is 57.0 Å². The van der Waals surface area contributed by atoms with Gasteiger partial charge in [0.05, 0.1) is 32.3 Å². The number of para-hydroxylation sites is 1. The van der Waals surface area contributed by atoms with Gasteiger partial charge in [0.2, 0.25) is 11.7 Å². The van der Waals surface area contributed by atoms with Crippen LogP contribution >= 0.6 is 0 Å². The van der Waals surface area contributed by atoms with Gasteiger partial charge in [-0.2, -0.15) is 13.2 Å². The summed E-state index contributed by atoms with van der Waals surface area (Å²) >= 11 is 0. The number of carbonyl (C=O) groups is 3. The normalized spacial score (nSPS) is 18.3. The molecule has 2 aromatic rings. The number of piperidine rings is 1. The SMILES string of the molecule is COCCCOc1c(OC)ccc(C(=O)N(C(C)C)[C@@H]2CC[C@H](CCNC(=O)[C@@H](c3ccccc3OC)C3CC3)NC2)c1OC(=O)C(F)(F)F. The second-order valence-corrected chi connectivity index (χ2v) is 12.8. The van der Waals surface area contributed by atoms with Gasteiger partial charge in [-0.05, 0) is 70.1 Å². The largest absolute Gasteiger partial charge is 0.496 e. The van der Waals surface area contributed by atoms with E-state index in [1.807, 2.05) is 38.1 Å². The van der Waals surface area contributed by atoms with E-state index in [2.05, 4.69) is 10.6 Å². The van der Waals surface area contributed by atoms with Crippen LogP contribution in [0.3, 0.4) is 0 Å². The molecule has 2 N–H and O–H groups in total. The van der Waals surface area contributed by atoms with Gasteiger partial charge in [0.25, 0.3) is 5.91 Å². The van der Waals surface area contributed by atoms with Gasteiger partial charge < -0.3 is 39.2 Å². The molecule has 0 spiro atoms. The third-order valence-corrected chi connectivity index (χ3v) is 9.01. The van der Waals surface area contributed by atoms with Gasteiger partial charge in [-0.25, -0.2) is 4.79 Å². The minimum Gasteiger partial charge on any atom is -0.496 e. The molecule has 3 atom stereocenters. The van der Waals surface area contributed by atoms with E-state index in [1.54, 1.807) is 12.0 Å². The van der Waals surface area contributed by atoms with Crippen molar-refractivity contribution in [2.24, 2.45) is 5.92 Å². The Morgan fingerprint density at radius 2 is 1.66 bits per heavy atom. The van der Waals surface area contributed by atoms with Crippen molar-refractivity contribution in [3.63, 3.8) is 0 Å². The fourth-order valence-corrected chi connectivity index (χ4v) is 6.43. The molecule has 2 aromatic carbocycles. The maximum Gasteiger partial charge on any atom is 0.491 e. The lowest BCUT2D eigenvalue weighted by Gasteiger charge is -2.40. The first-order valence-electron chi connectivity index (χ1n) is 17.0. The highest BCUT2D eigenvalue weighted by Crippen LogP contribution is 2.45. The number of amides is 2. The van der Waals surface area contributed by atoms with E-state index in [-0.39, 0.29) is 53.6 Å². The van der Waals surface area contributed by atoms with E-state index < -0.39 is 23.8 Å². The molecule has 2 aliphatic rings. The predicted molar refractivity (Wildman–Crippen MR) is 179 cm³/mol. The summed E-state index contributed by atoms with van der Waals surface area (Å²) in [5.41, 5.74) is 0.633. The van der Waals surface area contributed by atoms with Crippen LogP contribution in [0.25, 0.3) is 0 Å². The second kappa shape index (κ2) is 17.8. The second-order valence-electron chi connectivity index (χ2n) is 12.8. The van der Waals surface area contributed by atoms with Crippen molar-refractivity contribution < 1.29 is 51.2 Å². The van der Waals surface area contributed by atoms with E-state index in [1.165, 1.54) is 26.4 Å². The molecule has 50 heavy (non-hydrogen) atoms. The van der Waals surface area contributed by atoms with Crippen LogP contribution in [0.4, 0.5) is 13.2 Å². The zero-order valence-electron chi connectivity index (χ0n) is 29.3. The number of carbonyl (C=O) groups excluding carboxylic acids is 3. The number of halogens is 3. The van der Waals surface area contributed by atoms with Gasteiger partial charge in [0, 0.05) is 56.9 Å². The predicted octanol–water partition coefficient (Wildman–Crippen LogP) is 5.26. The Hall–Kier alpha value is -4.04. The average Bonchev–Trinajstić information content (AvgIpc) is 3.92. The summed E-state index contributed by atoms with van der Waals surface area (Å²) in [4.78, 5) is 41.1. The lowest BCUT2D eigenvalue weighted by molar-refractivity contribution is -0.189. The number of hydrogen-bond donors (Lipinski definition) is 2. The monoisotopic (exact) mass is 707 g/mol. The maximum absolute atomic E-state index is 14.1. The van der Waals surface area contributed by atoms with Crippen molar-refractivity contribution >= 4 is 17.8 Å². The summed E-state index contributed by atoms with van der Waals surface area (Å²) in [5, 5.41) is 6.59. The fourth-order valence-electron chi connectivity index (χ4n) is 6.43. The van der Waals surface area contributed by atoms with Crippen molar-refractivity contribution in [2.45, 2.75) is 82.6 Å². The number of nitrogens with zero attached hydrogens (tertiary/aromatic N) is 1. The molecule has 2 amide bonds. The number of ether oxygens (including phenoxy) is 5. The maximum atomic E-state index is 14.1. The van der Waals surface area contributed by atoms with Crippen LogP contribution in [0.15, 0.2) is 36.4 Å². The third-order valence-electron chi connectivity index (χ3n) is 9.01. The lowest BCUT2D eigenvalue weighted by atomic mass is 9.92. The standard InChI is InChI=1S/C36H48F3N3O8/c1-22(2)42(34(44)27-15-16-29(48-5)32(49-20-8-19-46-3)31(27)50-35(45)36(37,38)39)25-14-13-24(41-21-25)17-18-40-33(43)30(23-11-12-23)26-9-6-7-10-28(26)47-4/h6-7,9-10,15-16,22-25,30,41H,8,11-14,17-21H2,1-5H3,(H,40,43)/t24-,25-,30-/m1/s1. The molecule has 11 nitrogen and oxygen atoms in total. The number of benzene rings is 2. The Morgan fingerprint density at radius 1 is 0.940 bits per heavy atom. The topological polar surface area (TPSA) is 125 Å². The number of methoxy groups -OCH3 is 3. The van der Waals surface area contributed by atoms with Gasteiger partial charge >= 0.3 is 12.1 Å². The molecular weight excluding hydrogens is 659 g/mol. The molecular formula is C36H48F3N3O8. The highest BCUT2D eigenvalue weighted by atomic mass is 19.4. The quantitative estimate of drug-likeness (QED) is 0.129. The summed E-state index contributed by atoms with van der Waals surface area (Å²) in [6.45, 7) is 4.82. The molecule has 1 saturated heterocycles. The van der Waals surface area contributed by atoms with E-state index >= 15 is 0 Å². The zero-order chi connectivity index (χ0) is 36.4. The first kappa shape index (κ1) is 38.8. The van der Waals surface area contributed by atoms with Crippen LogP contribution < -0.4 is 29.6 Å². The van der Waals surface area contributed by atoms with Crippen LogP contribution in [0.5, 0.6) is 23.0 Å². The van der Waals surface area contributed by atoms with E-state index in [9.17, 15) is 27.6 Å². The molecule has 0 aromatic heterocycles. The van der Waals surface area contributed by atoms with Gasteiger partial charge in [-0.15, -0.1) is 0 Å². The van der Waals surface area contributed by atoms with Gasteiger partial charge in [-0.1, -0.05) is 18.2 Å². The Morgan fingerprint density at radius 3 is 2.26 bits per heavy atom. The average molecular weight is 708 g/mol. The summed E-state index contributed by atoms with van der Waals surface area (Å²) in [6, 6.07) is 9.71. The third kappa shape index (κ3) is 9.81. The van der Waals surface area contributed by atoms with Crippen LogP contribution in [-0.4, -0.2) is 94.6 Å². The zero-order valence-corrected chi connectivity index (χ0v) is 29.3. The highest BCUT2D eigenvalue weighted by molar-refractivity contribution is 6.00. The van der Waals surface area contributed by atoms with Crippen molar-refractivity contribution in [1.29, 1.82) is 0 Å². The molecule has 2 fully saturated rings. The van der Waals surface area contributed by atoms with Crippen molar-refractivity contribution in [1.82, 2.24) is 15.5 Å². The molecule has 276 valence electrons. The lowest BCUT2D eigenvalue weighted by Crippen LogP contribution is -2.54. The summed E-state index contributed by atoms with van der Waals surface area (Å²) in [6.07, 6.45) is -0.959. The fraction of sp³-hybridized carbons (Fsp3) is 0.583. The number of hydrogen-bond acceptors (Lipinski definition) is 9. The minimum absolute atomic E-state index is 0.000613. The van der Waals surface area contributed by atoms with Gasteiger partial charge in [0.15, 0.2) is 11.5 Å². The molecule has 0 unspecified atom stereocenters. The Kier molecular flexibility index (Phi) is 13.8. The Bertz CT molecular complexity index is 1460. The number of alkyl halides is 3. The smallest absolute Gasteiger partial charge is 0.491 e. The summed E-state index contributed by atoms with van der Waals surface area (Å²) < 4.78 is 66.5. The van der Waals surface area contributed by atoms with Crippen LogP contribution in [0.2, 0.25) is 0 Å². The summed E-state index contributed by atoms with van der Waals surface area (Å²) in [7, 11) is 4.38. The Labute approximate surface area is 291 Å².